The van der Waals surface area contributed by atoms with Gasteiger partial charge in [0, 0.05) is 30.1 Å². The van der Waals surface area contributed by atoms with Gasteiger partial charge in [0.05, 0.1) is 11.3 Å². The molecule has 0 aliphatic rings. The summed E-state index contributed by atoms with van der Waals surface area (Å²) in [4.78, 5) is 35.5. The fourth-order valence-electron chi connectivity index (χ4n) is 3.40. The Labute approximate surface area is 178 Å². The van der Waals surface area contributed by atoms with Crippen molar-refractivity contribution in [1.82, 2.24) is 15.0 Å². The molecule has 8 heteroatoms. The van der Waals surface area contributed by atoms with E-state index in [1.54, 1.807) is 12.1 Å². The van der Waals surface area contributed by atoms with Gasteiger partial charge in [-0.05, 0) is 42.3 Å². The van der Waals surface area contributed by atoms with Gasteiger partial charge in [-0.15, -0.1) is 0 Å². The van der Waals surface area contributed by atoms with E-state index in [2.05, 4.69) is 27.5 Å². The van der Waals surface area contributed by atoms with E-state index < -0.39 is 5.91 Å². The number of hydrogen-bond donors (Lipinski definition) is 4. The number of anilines is 3. The van der Waals surface area contributed by atoms with Crippen LogP contribution in [0.25, 0.3) is 22.6 Å². The van der Waals surface area contributed by atoms with Crippen LogP contribution in [0.5, 0.6) is 0 Å². The van der Waals surface area contributed by atoms with Crippen LogP contribution in [0.3, 0.4) is 0 Å². The first kappa shape index (κ1) is 20.1. The van der Waals surface area contributed by atoms with Gasteiger partial charge >= 0.3 is 0 Å². The Bertz CT molecular complexity index is 1280. The lowest BCUT2D eigenvalue weighted by Gasteiger charge is -2.13. The molecule has 5 N–H and O–H groups in total. The second-order valence-electron chi connectivity index (χ2n) is 7.09. The summed E-state index contributed by atoms with van der Waals surface area (Å²) in [5.41, 5.74) is 10.9. The summed E-state index contributed by atoms with van der Waals surface area (Å²) in [6.45, 7) is 3.52. The normalized spacial score (nSPS) is 10.8. The molecule has 0 atom stereocenters. The Morgan fingerprint density at radius 2 is 1.84 bits per heavy atom. The summed E-state index contributed by atoms with van der Waals surface area (Å²) in [5.74, 6) is -0.136. The van der Waals surface area contributed by atoms with Crippen molar-refractivity contribution in [1.29, 1.82) is 0 Å². The van der Waals surface area contributed by atoms with Crippen LogP contribution in [-0.2, 0) is 11.2 Å². The molecule has 156 valence electrons. The molecule has 8 nitrogen and oxygen atoms in total. The van der Waals surface area contributed by atoms with Crippen LogP contribution in [0.2, 0.25) is 0 Å². The number of aromatic amines is 1. The Hall–Kier alpha value is -4.20. The number of aryl methyl sites for hydroxylation is 1. The molecular formula is C23H22N6O2. The number of aromatic nitrogens is 3. The Kier molecular flexibility index (Phi) is 5.36. The molecule has 0 saturated carbocycles. The van der Waals surface area contributed by atoms with Gasteiger partial charge in [0.2, 0.25) is 5.91 Å². The molecule has 2 aromatic heterocycles. The Balaban J connectivity index is 1.79. The average molecular weight is 414 g/mol. The van der Waals surface area contributed by atoms with E-state index in [1.807, 2.05) is 36.4 Å². The summed E-state index contributed by atoms with van der Waals surface area (Å²) in [5, 5.41) is 6.07. The number of carbonyl (C=O) groups excluding carboxylic acids is 2. The van der Waals surface area contributed by atoms with Gasteiger partial charge in [0.25, 0.3) is 5.91 Å². The van der Waals surface area contributed by atoms with Crippen molar-refractivity contribution in [3.63, 3.8) is 0 Å². The van der Waals surface area contributed by atoms with Gasteiger partial charge in [-0.1, -0.05) is 25.1 Å². The lowest BCUT2D eigenvalue weighted by Crippen LogP contribution is -2.14. The molecule has 31 heavy (non-hydrogen) atoms. The average Bonchev–Trinajstić information content (AvgIpc) is 3.19. The van der Waals surface area contributed by atoms with E-state index in [9.17, 15) is 9.59 Å². The van der Waals surface area contributed by atoms with Crippen LogP contribution in [0.1, 0.15) is 29.8 Å². The van der Waals surface area contributed by atoms with E-state index in [1.165, 1.54) is 13.1 Å². The summed E-state index contributed by atoms with van der Waals surface area (Å²) >= 11 is 0. The van der Waals surface area contributed by atoms with E-state index in [0.717, 1.165) is 23.2 Å². The summed E-state index contributed by atoms with van der Waals surface area (Å²) in [7, 11) is 0. The number of primary amides is 1. The van der Waals surface area contributed by atoms with E-state index >= 15 is 0 Å². The van der Waals surface area contributed by atoms with Gasteiger partial charge in [0.15, 0.2) is 5.65 Å². The van der Waals surface area contributed by atoms with Crippen LogP contribution >= 0.6 is 0 Å². The van der Waals surface area contributed by atoms with Crippen molar-refractivity contribution < 1.29 is 9.59 Å². The van der Waals surface area contributed by atoms with E-state index in [-0.39, 0.29) is 11.5 Å². The molecule has 0 spiro atoms. The fraction of sp³-hybridized carbons (Fsp3) is 0.130. The first-order valence-electron chi connectivity index (χ1n) is 9.87. The second kappa shape index (κ2) is 8.27. The van der Waals surface area contributed by atoms with Gasteiger partial charge in [0.1, 0.15) is 11.3 Å². The maximum Gasteiger partial charge on any atom is 0.252 e. The molecule has 0 fully saturated rings. The van der Waals surface area contributed by atoms with E-state index in [0.29, 0.717) is 28.4 Å². The molecule has 2 amide bonds. The molecule has 0 aliphatic carbocycles. The molecule has 2 heterocycles. The van der Waals surface area contributed by atoms with Crippen molar-refractivity contribution >= 4 is 40.0 Å². The molecule has 0 bridgehead atoms. The predicted molar refractivity (Wildman–Crippen MR) is 121 cm³/mol. The predicted octanol–water partition coefficient (Wildman–Crippen LogP) is 3.99. The highest BCUT2D eigenvalue weighted by Crippen LogP contribution is 2.31. The van der Waals surface area contributed by atoms with Gasteiger partial charge < -0.3 is 21.4 Å². The van der Waals surface area contributed by atoms with Crippen molar-refractivity contribution in [2.75, 3.05) is 10.6 Å². The first-order valence-corrected chi connectivity index (χ1v) is 9.87. The minimum absolute atomic E-state index is 0.136. The monoisotopic (exact) mass is 414 g/mol. The van der Waals surface area contributed by atoms with Crippen molar-refractivity contribution in [3.8, 4) is 11.4 Å². The summed E-state index contributed by atoms with van der Waals surface area (Å²) < 4.78 is 0. The number of imidazole rings is 1. The third-order valence-corrected chi connectivity index (χ3v) is 4.92. The lowest BCUT2D eigenvalue weighted by atomic mass is 10.1. The maximum atomic E-state index is 12.1. The zero-order valence-corrected chi connectivity index (χ0v) is 17.2. The van der Waals surface area contributed by atoms with Crippen molar-refractivity contribution in [3.05, 3.63) is 65.9 Å². The number of nitrogens with zero attached hydrogens (tertiary/aromatic N) is 2. The number of H-pyrrole nitrogens is 1. The van der Waals surface area contributed by atoms with Gasteiger partial charge in [-0.25, -0.2) is 9.97 Å². The van der Waals surface area contributed by atoms with Crippen LogP contribution in [-0.4, -0.2) is 26.8 Å². The standard InChI is InChI=1S/C23H22N6O2/c1-3-14-6-4-5-7-18(14)27-19-17(21(24)31)12-25-23-20(19)28-22(29-23)15-8-10-16(11-9-15)26-13(2)30/h4-12H,3H2,1-2H3,(H2,24,31)(H,26,30)(H2,25,27,28,29). The minimum Gasteiger partial charge on any atom is -0.365 e. The highest BCUT2D eigenvalue weighted by atomic mass is 16.1. The third kappa shape index (κ3) is 4.09. The fourth-order valence-corrected chi connectivity index (χ4v) is 3.40. The summed E-state index contributed by atoms with van der Waals surface area (Å²) in [6.07, 6.45) is 2.28. The number of para-hydroxylation sites is 1. The number of nitrogens with two attached hydrogens (primary N) is 1. The van der Waals surface area contributed by atoms with Gasteiger partial charge in [-0.2, -0.15) is 0 Å². The van der Waals surface area contributed by atoms with Crippen LogP contribution in [0.15, 0.2) is 54.7 Å². The number of nitrogens with one attached hydrogen (secondary N) is 3. The number of pyridine rings is 1. The number of benzene rings is 2. The van der Waals surface area contributed by atoms with Crippen molar-refractivity contribution in [2.45, 2.75) is 20.3 Å². The minimum atomic E-state index is -0.588. The first-order chi connectivity index (χ1) is 15.0. The highest BCUT2D eigenvalue weighted by molar-refractivity contribution is 6.06. The topological polar surface area (TPSA) is 126 Å². The van der Waals surface area contributed by atoms with Crippen LogP contribution in [0, 0.1) is 0 Å². The molecule has 4 rings (SSSR count). The Morgan fingerprint density at radius 1 is 1.10 bits per heavy atom. The molecule has 0 radical (unpaired) electrons. The molecule has 2 aromatic carbocycles. The number of fused-ring (bicyclic) bond motifs is 1. The molecule has 0 saturated heterocycles. The zero-order chi connectivity index (χ0) is 22.0. The zero-order valence-electron chi connectivity index (χ0n) is 17.2. The molecular weight excluding hydrogens is 392 g/mol. The molecule has 0 unspecified atom stereocenters. The number of amides is 2. The number of carbonyl (C=O) groups is 2. The molecule has 4 aromatic rings. The highest BCUT2D eigenvalue weighted by Gasteiger charge is 2.18. The Morgan fingerprint density at radius 3 is 2.52 bits per heavy atom. The van der Waals surface area contributed by atoms with Crippen LogP contribution in [0.4, 0.5) is 17.1 Å². The van der Waals surface area contributed by atoms with Crippen molar-refractivity contribution in [2.24, 2.45) is 5.73 Å². The SMILES string of the molecule is CCc1ccccc1Nc1c(C(N)=O)cnc2[nH]c(-c3ccc(NC(C)=O)cc3)nc12. The molecule has 0 aliphatic heterocycles. The third-order valence-electron chi connectivity index (χ3n) is 4.92. The second-order valence-corrected chi connectivity index (χ2v) is 7.09. The smallest absolute Gasteiger partial charge is 0.252 e. The number of rotatable bonds is 6. The quantitative estimate of drug-likeness (QED) is 0.380. The lowest BCUT2D eigenvalue weighted by molar-refractivity contribution is -0.114. The number of hydrogen-bond acceptors (Lipinski definition) is 5. The van der Waals surface area contributed by atoms with Crippen LogP contribution < -0.4 is 16.4 Å². The largest absolute Gasteiger partial charge is 0.365 e. The van der Waals surface area contributed by atoms with E-state index in [4.69, 9.17) is 10.7 Å². The van der Waals surface area contributed by atoms with Gasteiger partial charge in [-0.3, -0.25) is 9.59 Å². The maximum absolute atomic E-state index is 12.1. The summed E-state index contributed by atoms with van der Waals surface area (Å²) in [6, 6.07) is 15.1.